The summed E-state index contributed by atoms with van der Waals surface area (Å²) in [7, 11) is 0. The molecular formula is C12H16O2. The number of ketones is 1. The molecule has 5 atom stereocenters. The van der Waals surface area contributed by atoms with Crippen molar-refractivity contribution in [1.82, 2.24) is 0 Å². The van der Waals surface area contributed by atoms with Crippen molar-refractivity contribution in [1.29, 1.82) is 0 Å². The zero-order valence-electron chi connectivity index (χ0n) is 8.44. The van der Waals surface area contributed by atoms with Crippen LogP contribution in [0.4, 0.5) is 0 Å². The summed E-state index contributed by atoms with van der Waals surface area (Å²) < 4.78 is 0. The molecule has 3 aliphatic rings. The predicted molar refractivity (Wildman–Crippen MR) is 52.6 cm³/mol. The van der Waals surface area contributed by atoms with Crippen molar-refractivity contribution in [2.75, 3.05) is 0 Å². The Labute approximate surface area is 84.0 Å². The van der Waals surface area contributed by atoms with E-state index in [0.717, 1.165) is 12.8 Å². The molecule has 0 aromatic carbocycles. The fourth-order valence-corrected chi connectivity index (χ4v) is 3.83. The Morgan fingerprint density at radius 1 is 1.43 bits per heavy atom. The molecule has 0 heterocycles. The summed E-state index contributed by atoms with van der Waals surface area (Å²) in [6, 6.07) is 0. The number of fused-ring (bicyclic) bond motifs is 5. The van der Waals surface area contributed by atoms with Crippen molar-refractivity contribution in [2.45, 2.75) is 32.3 Å². The summed E-state index contributed by atoms with van der Waals surface area (Å²) in [6.07, 6.45) is 6.43. The van der Waals surface area contributed by atoms with Gasteiger partial charge in [0.15, 0.2) is 0 Å². The van der Waals surface area contributed by atoms with Crippen molar-refractivity contribution in [3.05, 3.63) is 12.2 Å². The minimum atomic E-state index is -0.381. The number of aliphatic hydroxyl groups is 1. The maximum atomic E-state index is 12.0. The highest BCUT2D eigenvalue weighted by molar-refractivity contribution is 5.87. The minimum Gasteiger partial charge on any atom is -0.393 e. The molecule has 14 heavy (non-hydrogen) atoms. The van der Waals surface area contributed by atoms with Gasteiger partial charge in [0, 0.05) is 11.8 Å². The van der Waals surface area contributed by atoms with Gasteiger partial charge in [-0.2, -0.15) is 0 Å². The lowest BCUT2D eigenvalue weighted by molar-refractivity contribution is -0.139. The Morgan fingerprint density at radius 3 is 3.00 bits per heavy atom. The van der Waals surface area contributed by atoms with E-state index in [1.165, 1.54) is 0 Å². The smallest absolute Gasteiger partial charge is 0.142 e. The molecule has 0 radical (unpaired) electrons. The summed E-state index contributed by atoms with van der Waals surface area (Å²) >= 11 is 0. The standard InChI is InChI=1S/C12H16O2/c1-12-8-3-2-7(4-8)10(12)5-9(13)6-11(12)14/h2-3,7-10,13H,4-6H2,1H3/t7-,8+,9+,10-,12+/m0/s1. The summed E-state index contributed by atoms with van der Waals surface area (Å²) in [4.78, 5) is 12.0. The summed E-state index contributed by atoms with van der Waals surface area (Å²) in [5.41, 5.74) is -0.140. The number of rotatable bonds is 0. The average molecular weight is 192 g/mol. The fraction of sp³-hybridized carbons (Fsp3) is 0.750. The van der Waals surface area contributed by atoms with Crippen LogP contribution in [0.25, 0.3) is 0 Å². The average Bonchev–Trinajstić information content (AvgIpc) is 2.67. The first kappa shape index (κ1) is 8.66. The third kappa shape index (κ3) is 0.830. The van der Waals surface area contributed by atoms with Gasteiger partial charge in [0.2, 0.25) is 0 Å². The second kappa shape index (κ2) is 2.48. The molecule has 76 valence electrons. The Morgan fingerprint density at radius 2 is 2.21 bits per heavy atom. The van der Waals surface area contributed by atoms with E-state index in [2.05, 4.69) is 19.1 Å². The fourth-order valence-electron chi connectivity index (χ4n) is 3.83. The third-order valence-electron chi connectivity index (χ3n) is 4.72. The summed E-state index contributed by atoms with van der Waals surface area (Å²) in [6.45, 7) is 2.11. The molecule has 0 unspecified atom stereocenters. The second-order valence-corrected chi connectivity index (χ2v) is 5.30. The number of allylic oxidation sites excluding steroid dienone is 2. The van der Waals surface area contributed by atoms with E-state index in [0.29, 0.717) is 24.2 Å². The van der Waals surface area contributed by atoms with E-state index in [4.69, 9.17) is 0 Å². The Kier molecular flexibility index (Phi) is 1.54. The Hall–Kier alpha value is -0.630. The van der Waals surface area contributed by atoms with E-state index in [9.17, 15) is 9.90 Å². The Balaban J connectivity index is 2.03. The van der Waals surface area contributed by atoms with Gasteiger partial charge in [-0.1, -0.05) is 19.1 Å². The van der Waals surface area contributed by atoms with E-state index >= 15 is 0 Å². The topological polar surface area (TPSA) is 37.3 Å². The van der Waals surface area contributed by atoms with Crippen LogP contribution < -0.4 is 0 Å². The molecule has 1 N–H and O–H groups in total. The van der Waals surface area contributed by atoms with Gasteiger partial charge in [0.05, 0.1) is 6.10 Å². The molecule has 2 heteroatoms. The van der Waals surface area contributed by atoms with Gasteiger partial charge in [-0.05, 0) is 30.6 Å². The second-order valence-electron chi connectivity index (χ2n) is 5.30. The van der Waals surface area contributed by atoms with Crippen LogP contribution in [0.2, 0.25) is 0 Å². The molecule has 0 aromatic rings. The highest BCUT2D eigenvalue weighted by atomic mass is 16.3. The minimum absolute atomic E-state index is 0.140. The largest absolute Gasteiger partial charge is 0.393 e. The van der Waals surface area contributed by atoms with E-state index in [1.807, 2.05) is 0 Å². The highest BCUT2D eigenvalue weighted by Crippen LogP contribution is 2.60. The van der Waals surface area contributed by atoms with Crippen LogP contribution in [0.15, 0.2) is 12.2 Å². The molecule has 3 aliphatic carbocycles. The van der Waals surface area contributed by atoms with Crippen LogP contribution in [-0.2, 0) is 4.79 Å². The predicted octanol–water partition coefficient (Wildman–Crippen LogP) is 1.54. The molecule has 0 aliphatic heterocycles. The maximum Gasteiger partial charge on any atom is 0.142 e. The zero-order chi connectivity index (χ0) is 9.92. The van der Waals surface area contributed by atoms with Gasteiger partial charge >= 0.3 is 0 Å². The molecule has 2 bridgehead atoms. The molecule has 2 nitrogen and oxygen atoms in total. The Bertz CT molecular complexity index is 320. The van der Waals surface area contributed by atoms with E-state index in [-0.39, 0.29) is 17.3 Å². The van der Waals surface area contributed by atoms with Crippen molar-refractivity contribution in [3.8, 4) is 0 Å². The third-order valence-corrected chi connectivity index (χ3v) is 4.72. The first-order valence-electron chi connectivity index (χ1n) is 5.52. The molecule has 0 spiro atoms. The van der Waals surface area contributed by atoms with Gasteiger partial charge in [0.25, 0.3) is 0 Å². The molecule has 2 saturated carbocycles. The molecule has 0 saturated heterocycles. The van der Waals surface area contributed by atoms with Crippen molar-refractivity contribution < 1.29 is 9.90 Å². The van der Waals surface area contributed by atoms with Crippen LogP contribution in [0.1, 0.15) is 26.2 Å². The molecule has 3 rings (SSSR count). The van der Waals surface area contributed by atoms with Crippen molar-refractivity contribution >= 4 is 5.78 Å². The highest BCUT2D eigenvalue weighted by Gasteiger charge is 2.59. The lowest BCUT2D eigenvalue weighted by Gasteiger charge is -2.42. The van der Waals surface area contributed by atoms with Crippen LogP contribution in [0, 0.1) is 23.2 Å². The number of carbonyl (C=O) groups excluding carboxylic acids is 1. The number of carbonyl (C=O) groups is 1. The lowest BCUT2D eigenvalue weighted by Crippen LogP contribution is -2.46. The van der Waals surface area contributed by atoms with Gasteiger partial charge in [-0.25, -0.2) is 0 Å². The lowest BCUT2D eigenvalue weighted by atomic mass is 9.61. The van der Waals surface area contributed by atoms with Gasteiger partial charge in [-0.3, -0.25) is 4.79 Å². The number of hydrogen-bond acceptors (Lipinski definition) is 2. The van der Waals surface area contributed by atoms with Crippen molar-refractivity contribution in [2.24, 2.45) is 23.2 Å². The van der Waals surface area contributed by atoms with Gasteiger partial charge in [-0.15, -0.1) is 0 Å². The molecule has 2 fully saturated rings. The zero-order valence-corrected chi connectivity index (χ0v) is 8.44. The molecule has 0 aromatic heterocycles. The van der Waals surface area contributed by atoms with Crippen molar-refractivity contribution in [3.63, 3.8) is 0 Å². The van der Waals surface area contributed by atoms with Gasteiger partial charge in [0.1, 0.15) is 5.78 Å². The van der Waals surface area contributed by atoms with E-state index in [1.54, 1.807) is 0 Å². The number of hydrogen-bond donors (Lipinski definition) is 1. The van der Waals surface area contributed by atoms with E-state index < -0.39 is 0 Å². The quantitative estimate of drug-likeness (QED) is 0.591. The summed E-state index contributed by atoms with van der Waals surface area (Å²) in [5.74, 6) is 1.72. The monoisotopic (exact) mass is 192 g/mol. The first-order valence-corrected chi connectivity index (χ1v) is 5.52. The number of aliphatic hydroxyl groups excluding tert-OH is 1. The molecule has 0 amide bonds. The number of Topliss-reactive ketones (excluding diaryl/α,β-unsaturated/α-hetero) is 1. The van der Waals surface area contributed by atoms with Crippen LogP contribution in [0.5, 0.6) is 0 Å². The molecular weight excluding hydrogens is 176 g/mol. The van der Waals surface area contributed by atoms with Crippen LogP contribution in [0.3, 0.4) is 0 Å². The van der Waals surface area contributed by atoms with Crippen LogP contribution in [-0.4, -0.2) is 17.0 Å². The SMILES string of the molecule is C[C@]12C(=O)C[C@H](O)C[C@H]1[C@H]1C=C[C@@H]2C1. The first-order chi connectivity index (χ1) is 6.62. The van der Waals surface area contributed by atoms with Crippen LogP contribution >= 0.6 is 0 Å². The van der Waals surface area contributed by atoms with Gasteiger partial charge < -0.3 is 5.11 Å². The summed E-state index contributed by atoms with van der Waals surface area (Å²) in [5, 5.41) is 9.62. The maximum absolute atomic E-state index is 12.0. The normalized spacial score (nSPS) is 55.1.